The van der Waals surface area contributed by atoms with Crippen LogP contribution in [0.5, 0.6) is 0 Å². The molecule has 2 unspecified atom stereocenters. The van der Waals surface area contributed by atoms with Crippen LogP contribution < -0.4 is 11.2 Å². The minimum Gasteiger partial charge on any atom is -0.327 e. The van der Waals surface area contributed by atoms with Crippen molar-refractivity contribution in [1.29, 1.82) is 0 Å². The Bertz CT molecular complexity index is 161. The number of carbonyl (C=O) groups excluding carboxylic acids is 1. The molecule has 4 heteroatoms. The molecule has 0 aromatic carbocycles. The van der Waals surface area contributed by atoms with Gasteiger partial charge in [0.25, 0.3) is 0 Å². The summed E-state index contributed by atoms with van der Waals surface area (Å²) in [6, 6.07) is 0.00824. The summed E-state index contributed by atoms with van der Waals surface area (Å²) in [4.78, 5) is 15.8. The first kappa shape index (κ1) is 9.48. The Kier molecular flexibility index (Phi) is 3.49. The number of amides is 1. The molecule has 1 saturated carbocycles. The summed E-state index contributed by atoms with van der Waals surface area (Å²) in [6.45, 7) is 0. The standard InChI is InChI=1S/C8H16N2O2/c1-12-10-8(11)6-4-2-3-5-7(6)9/h6-7H,2-5,9H2,1H3,(H,10,11). The smallest absolute Gasteiger partial charge is 0.248 e. The second-order valence-electron chi connectivity index (χ2n) is 3.23. The molecule has 0 heterocycles. The van der Waals surface area contributed by atoms with Crippen molar-refractivity contribution in [1.82, 2.24) is 5.48 Å². The number of rotatable bonds is 2. The quantitative estimate of drug-likeness (QED) is 0.584. The Morgan fingerprint density at radius 2 is 2.17 bits per heavy atom. The Morgan fingerprint density at radius 3 is 2.75 bits per heavy atom. The van der Waals surface area contributed by atoms with Crippen molar-refractivity contribution in [2.45, 2.75) is 31.7 Å². The van der Waals surface area contributed by atoms with Crippen molar-refractivity contribution < 1.29 is 9.63 Å². The van der Waals surface area contributed by atoms with Gasteiger partial charge in [-0.05, 0) is 12.8 Å². The number of nitrogens with two attached hydrogens (primary N) is 1. The van der Waals surface area contributed by atoms with E-state index in [0.717, 1.165) is 25.7 Å². The van der Waals surface area contributed by atoms with Gasteiger partial charge in [0.05, 0.1) is 13.0 Å². The van der Waals surface area contributed by atoms with Gasteiger partial charge in [-0.25, -0.2) is 5.48 Å². The Hall–Kier alpha value is -0.610. The van der Waals surface area contributed by atoms with E-state index in [0.29, 0.717) is 0 Å². The highest BCUT2D eigenvalue weighted by Gasteiger charge is 2.27. The lowest BCUT2D eigenvalue weighted by Crippen LogP contribution is -2.43. The topological polar surface area (TPSA) is 64.3 Å². The molecule has 70 valence electrons. The molecule has 0 aliphatic heterocycles. The third-order valence-corrected chi connectivity index (χ3v) is 2.36. The van der Waals surface area contributed by atoms with Gasteiger partial charge in [0.2, 0.25) is 5.91 Å². The first-order valence-corrected chi connectivity index (χ1v) is 4.34. The van der Waals surface area contributed by atoms with Gasteiger partial charge in [-0.2, -0.15) is 0 Å². The molecule has 0 radical (unpaired) electrons. The van der Waals surface area contributed by atoms with Gasteiger partial charge in [-0.1, -0.05) is 12.8 Å². The van der Waals surface area contributed by atoms with Crippen LogP contribution in [-0.2, 0) is 9.63 Å². The molecule has 0 saturated heterocycles. The van der Waals surface area contributed by atoms with Crippen molar-refractivity contribution in [3.8, 4) is 0 Å². The molecule has 1 fully saturated rings. The molecule has 0 spiro atoms. The fourth-order valence-corrected chi connectivity index (χ4v) is 1.66. The molecular weight excluding hydrogens is 156 g/mol. The van der Waals surface area contributed by atoms with Crippen LogP contribution in [0, 0.1) is 5.92 Å². The van der Waals surface area contributed by atoms with Crippen molar-refractivity contribution >= 4 is 5.91 Å². The van der Waals surface area contributed by atoms with E-state index in [1.165, 1.54) is 7.11 Å². The van der Waals surface area contributed by atoms with Crippen molar-refractivity contribution in [2.24, 2.45) is 11.7 Å². The maximum atomic E-state index is 11.3. The molecule has 1 aliphatic carbocycles. The van der Waals surface area contributed by atoms with Crippen LogP contribution in [0.25, 0.3) is 0 Å². The number of hydrogen-bond acceptors (Lipinski definition) is 3. The van der Waals surface area contributed by atoms with E-state index < -0.39 is 0 Å². The predicted octanol–water partition coefficient (Wildman–Crippen LogP) is 0.181. The maximum absolute atomic E-state index is 11.3. The summed E-state index contributed by atoms with van der Waals surface area (Å²) in [7, 11) is 1.44. The second kappa shape index (κ2) is 4.42. The summed E-state index contributed by atoms with van der Waals surface area (Å²) >= 11 is 0. The highest BCUT2D eigenvalue weighted by molar-refractivity contribution is 5.78. The van der Waals surface area contributed by atoms with Crippen LogP contribution >= 0.6 is 0 Å². The molecule has 12 heavy (non-hydrogen) atoms. The molecule has 4 nitrogen and oxygen atoms in total. The highest BCUT2D eigenvalue weighted by Crippen LogP contribution is 2.22. The lowest BCUT2D eigenvalue weighted by atomic mass is 9.85. The Morgan fingerprint density at radius 1 is 1.50 bits per heavy atom. The molecule has 0 aromatic heterocycles. The van der Waals surface area contributed by atoms with E-state index in [4.69, 9.17) is 5.73 Å². The predicted molar refractivity (Wildman–Crippen MR) is 45.1 cm³/mol. The fourth-order valence-electron chi connectivity index (χ4n) is 1.66. The fraction of sp³-hybridized carbons (Fsp3) is 0.875. The number of carbonyl (C=O) groups is 1. The lowest BCUT2D eigenvalue weighted by Gasteiger charge is -2.26. The van der Waals surface area contributed by atoms with Crippen LogP contribution in [-0.4, -0.2) is 19.1 Å². The molecule has 1 aliphatic rings. The summed E-state index contributed by atoms with van der Waals surface area (Å²) in [5.41, 5.74) is 8.12. The minimum atomic E-state index is -0.0790. The molecule has 1 amide bonds. The summed E-state index contributed by atoms with van der Waals surface area (Å²) in [6.07, 6.45) is 4.06. The van der Waals surface area contributed by atoms with Gasteiger partial charge in [-0.15, -0.1) is 0 Å². The van der Waals surface area contributed by atoms with E-state index >= 15 is 0 Å². The average molecular weight is 172 g/mol. The largest absolute Gasteiger partial charge is 0.327 e. The van der Waals surface area contributed by atoms with Crippen molar-refractivity contribution in [3.05, 3.63) is 0 Å². The molecule has 2 atom stereocenters. The molecule has 1 rings (SSSR count). The average Bonchev–Trinajstić information content (AvgIpc) is 2.05. The highest BCUT2D eigenvalue weighted by atomic mass is 16.6. The molecule has 3 N–H and O–H groups in total. The van der Waals surface area contributed by atoms with Gasteiger partial charge in [0.1, 0.15) is 0 Å². The number of hydrogen-bond donors (Lipinski definition) is 2. The Labute approximate surface area is 72.4 Å². The van der Waals surface area contributed by atoms with Gasteiger partial charge in [0.15, 0.2) is 0 Å². The van der Waals surface area contributed by atoms with Crippen molar-refractivity contribution in [2.75, 3.05) is 7.11 Å². The van der Waals surface area contributed by atoms with Crippen LogP contribution in [0.15, 0.2) is 0 Å². The molecule has 0 aromatic rings. The molecular formula is C8H16N2O2. The van der Waals surface area contributed by atoms with Gasteiger partial charge < -0.3 is 5.73 Å². The maximum Gasteiger partial charge on any atom is 0.248 e. The van der Waals surface area contributed by atoms with Gasteiger partial charge in [-0.3, -0.25) is 9.63 Å². The zero-order chi connectivity index (χ0) is 8.97. The van der Waals surface area contributed by atoms with Gasteiger partial charge >= 0.3 is 0 Å². The first-order chi connectivity index (χ1) is 5.75. The zero-order valence-electron chi connectivity index (χ0n) is 7.38. The zero-order valence-corrected chi connectivity index (χ0v) is 7.38. The van der Waals surface area contributed by atoms with Gasteiger partial charge in [0, 0.05) is 6.04 Å². The summed E-state index contributed by atoms with van der Waals surface area (Å²) < 4.78 is 0. The van der Waals surface area contributed by atoms with Crippen LogP contribution in [0.4, 0.5) is 0 Å². The number of hydroxylamine groups is 1. The van der Waals surface area contributed by atoms with Crippen molar-refractivity contribution in [3.63, 3.8) is 0 Å². The van der Waals surface area contributed by atoms with E-state index in [1.54, 1.807) is 0 Å². The monoisotopic (exact) mass is 172 g/mol. The van der Waals surface area contributed by atoms with Crippen LogP contribution in [0.1, 0.15) is 25.7 Å². The number of nitrogens with one attached hydrogen (secondary N) is 1. The van der Waals surface area contributed by atoms with Crippen LogP contribution in [0.3, 0.4) is 0 Å². The van der Waals surface area contributed by atoms with Crippen LogP contribution in [0.2, 0.25) is 0 Å². The Balaban J connectivity index is 2.42. The summed E-state index contributed by atoms with van der Waals surface area (Å²) in [5.74, 6) is -0.136. The van der Waals surface area contributed by atoms with E-state index in [2.05, 4.69) is 10.3 Å². The first-order valence-electron chi connectivity index (χ1n) is 4.34. The normalized spacial score (nSPS) is 29.8. The SMILES string of the molecule is CONC(=O)C1CCCCC1N. The summed E-state index contributed by atoms with van der Waals surface area (Å²) in [5, 5.41) is 0. The van der Waals surface area contributed by atoms with E-state index in [1.807, 2.05) is 0 Å². The minimum absolute atomic E-state index is 0.00824. The third kappa shape index (κ3) is 2.19. The van der Waals surface area contributed by atoms with E-state index in [9.17, 15) is 4.79 Å². The lowest BCUT2D eigenvalue weighted by molar-refractivity contribution is -0.137. The third-order valence-electron chi connectivity index (χ3n) is 2.36. The molecule has 0 bridgehead atoms. The second-order valence-corrected chi connectivity index (χ2v) is 3.23. The van der Waals surface area contributed by atoms with E-state index in [-0.39, 0.29) is 17.9 Å².